The van der Waals surface area contributed by atoms with Crippen molar-refractivity contribution >= 4 is 23.7 Å². The monoisotopic (exact) mass is 250 g/mol. The van der Waals surface area contributed by atoms with Crippen molar-refractivity contribution in [1.82, 2.24) is 0 Å². The third-order valence-corrected chi connectivity index (χ3v) is 2.98. The molecule has 0 aliphatic rings. The minimum absolute atomic E-state index is 0.0109. The van der Waals surface area contributed by atoms with E-state index in [-0.39, 0.29) is 6.42 Å². The van der Waals surface area contributed by atoms with Crippen LogP contribution >= 0.6 is 11.8 Å². The molecule has 0 radical (unpaired) electrons. The fourth-order valence-electron chi connectivity index (χ4n) is 1.36. The van der Waals surface area contributed by atoms with Crippen LogP contribution in [0.2, 0.25) is 0 Å². The second-order valence-electron chi connectivity index (χ2n) is 3.71. The van der Waals surface area contributed by atoms with Crippen molar-refractivity contribution in [3.8, 4) is 0 Å². The van der Waals surface area contributed by atoms with Gasteiger partial charge in [0.05, 0.1) is 6.42 Å². The Labute approximate surface area is 98.9 Å². The Balaban J connectivity index is 4.03. The highest BCUT2D eigenvalue weighted by molar-refractivity contribution is 7.98. The van der Waals surface area contributed by atoms with Gasteiger partial charge < -0.3 is 15.3 Å². The second-order valence-corrected chi connectivity index (χ2v) is 4.70. The Hall–Kier alpha value is -0.750. The standard InChI is InChI=1S/C10H18O5S/c1-16-6-4-2-3-5-10(15,9(13)14)7-8(11)12/h15H,2-7H2,1H3,(H,11,12)(H,13,14). The van der Waals surface area contributed by atoms with Gasteiger partial charge in [0.1, 0.15) is 0 Å². The number of carboxylic acid groups (broad SMARTS) is 2. The van der Waals surface area contributed by atoms with Gasteiger partial charge in [0.25, 0.3) is 0 Å². The summed E-state index contributed by atoms with van der Waals surface area (Å²) in [5.74, 6) is -1.77. The Kier molecular flexibility index (Phi) is 7.16. The minimum Gasteiger partial charge on any atom is -0.481 e. The van der Waals surface area contributed by atoms with Crippen molar-refractivity contribution in [2.24, 2.45) is 0 Å². The Bertz CT molecular complexity index is 243. The summed E-state index contributed by atoms with van der Waals surface area (Å²) in [6, 6.07) is 0. The molecule has 0 rings (SSSR count). The number of hydrogen-bond donors (Lipinski definition) is 3. The van der Waals surface area contributed by atoms with E-state index in [1.54, 1.807) is 11.8 Å². The largest absolute Gasteiger partial charge is 0.481 e. The van der Waals surface area contributed by atoms with Gasteiger partial charge in [-0.3, -0.25) is 4.79 Å². The molecule has 0 aliphatic carbocycles. The minimum atomic E-state index is -2.12. The van der Waals surface area contributed by atoms with E-state index in [0.717, 1.165) is 18.6 Å². The van der Waals surface area contributed by atoms with Crippen LogP contribution in [0.1, 0.15) is 32.1 Å². The predicted octanol–water partition coefficient (Wildman–Crippen LogP) is 1.20. The van der Waals surface area contributed by atoms with Crippen LogP contribution in [0.25, 0.3) is 0 Å². The molecular formula is C10H18O5S. The fourth-order valence-corrected chi connectivity index (χ4v) is 1.85. The number of aliphatic hydroxyl groups is 1. The molecule has 0 aromatic heterocycles. The van der Waals surface area contributed by atoms with Crippen molar-refractivity contribution in [1.29, 1.82) is 0 Å². The van der Waals surface area contributed by atoms with Crippen LogP contribution in [0, 0.1) is 0 Å². The first-order valence-corrected chi connectivity index (χ1v) is 6.48. The molecule has 0 saturated heterocycles. The summed E-state index contributed by atoms with van der Waals surface area (Å²) in [5, 5.41) is 26.9. The average Bonchev–Trinajstić information content (AvgIpc) is 2.16. The zero-order chi connectivity index (χ0) is 12.6. The van der Waals surface area contributed by atoms with Gasteiger partial charge in [-0.1, -0.05) is 6.42 Å². The normalized spacial score (nSPS) is 14.4. The predicted molar refractivity (Wildman–Crippen MR) is 61.7 cm³/mol. The highest BCUT2D eigenvalue weighted by atomic mass is 32.2. The third kappa shape index (κ3) is 5.97. The lowest BCUT2D eigenvalue weighted by molar-refractivity contribution is -0.166. The fraction of sp³-hybridized carbons (Fsp3) is 0.800. The molecule has 5 nitrogen and oxygen atoms in total. The van der Waals surface area contributed by atoms with E-state index < -0.39 is 24.0 Å². The molecule has 16 heavy (non-hydrogen) atoms. The number of aliphatic carboxylic acids is 2. The molecule has 0 amide bonds. The highest BCUT2D eigenvalue weighted by Gasteiger charge is 2.37. The van der Waals surface area contributed by atoms with Crippen LogP contribution in [0.4, 0.5) is 0 Å². The summed E-state index contributed by atoms with van der Waals surface area (Å²) in [6.45, 7) is 0. The molecule has 0 aromatic carbocycles. The quantitative estimate of drug-likeness (QED) is 0.532. The summed E-state index contributed by atoms with van der Waals surface area (Å²) in [7, 11) is 0. The van der Waals surface area contributed by atoms with Gasteiger partial charge in [0.2, 0.25) is 0 Å². The molecule has 6 heteroatoms. The van der Waals surface area contributed by atoms with Crippen molar-refractivity contribution < 1.29 is 24.9 Å². The number of carboxylic acids is 2. The van der Waals surface area contributed by atoms with E-state index in [9.17, 15) is 14.7 Å². The molecule has 0 aromatic rings. The second kappa shape index (κ2) is 7.51. The van der Waals surface area contributed by atoms with Crippen LogP contribution in [0.15, 0.2) is 0 Å². The van der Waals surface area contributed by atoms with Crippen molar-refractivity contribution in [3.63, 3.8) is 0 Å². The number of carbonyl (C=O) groups is 2. The third-order valence-electron chi connectivity index (χ3n) is 2.28. The molecule has 3 N–H and O–H groups in total. The molecule has 0 aliphatic heterocycles. The topological polar surface area (TPSA) is 94.8 Å². The number of thioether (sulfide) groups is 1. The lowest BCUT2D eigenvalue weighted by Crippen LogP contribution is -2.40. The molecule has 1 atom stereocenters. The summed E-state index contributed by atoms with van der Waals surface area (Å²) < 4.78 is 0. The van der Waals surface area contributed by atoms with Gasteiger partial charge in [0, 0.05) is 0 Å². The van der Waals surface area contributed by atoms with Crippen LogP contribution in [0.5, 0.6) is 0 Å². The Morgan fingerprint density at radius 3 is 2.25 bits per heavy atom. The van der Waals surface area contributed by atoms with Crippen LogP contribution in [-0.2, 0) is 9.59 Å². The van der Waals surface area contributed by atoms with E-state index in [1.165, 1.54) is 0 Å². The first kappa shape index (κ1) is 15.2. The summed E-state index contributed by atoms with van der Waals surface area (Å²) in [5.41, 5.74) is -2.12. The van der Waals surface area contributed by atoms with Crippen molar-refractivity contribution in [2.75, 3.05) is 12.0 Å². The number of unbranched alkanes of at least 4 members (excludes halogenated alkanes) is 2. The summed E-state index contributed by atoms with van der Waals surface area (Å²) in [4.78, 5) is 21.2. The summed E-state index contributed by atoms with van der Waals surface area (Å²) >= 11 is 1.70. The maximum absolute atomic E-state index is 10.8. The zero-order valence-corrected chi connectivity index (χ0v) is 10.1. The molecule has 0 spiro atoms. The lowest BCUT2D eigenvalue weighted by Gasteiger charge is -2.21. The molecule has 0 saturated carbocycles. The van der Waals surface area contributed by atoms with Crippen LogP contribution in [-0.4, -0.2) is 44.9 Å². The molecule has 94 valence electrons. The smallest absolute Gasteiger partial charge is 0.336 e. The molecular weight excluding hydrogens is 232 g/mol. The maximum atomic E-state index is 10.8. The number of hydrogen-bond acceptors (Lipinski definition) is 4. The Morgan fingerprint density at radius 2 is 1.81 bits per heavy atom. The molecule has 0 heterocycles. The van der Waals surface area contributed by atoms with E-state index in [1.807, 2.05) is 6.26 Å². The zero-order valence-electron chi connectivity index (χ0n) is 9.31. The molecule has 0 bridgehead atoms. The first-order valence-electron chi connectivity index (χ1n) is 5.09. The van der Waals surface area contributed by atoms with Gasteiger partial charge in [0.15, 0.2) is 5.60 Å². The first-order chi connectivity index (χ1) is 7.42. The van der Waals surface area contributed by atoms with Crippen molar-refractivity contribution in [3.05, 3.63) is 0 Å². The van der Waals surface area contributed by atoms with Crippen LogP contribution < -0.4 is 0 Å². The van der Waals surface area contributed by atoms with Gasteiger partial charge in [-0.05, 0) is 31.3 Å². The highest BCUT2D eigenvalue weighted by Crippen LogP contribution is 2.20. The van der Waals surface area contributed by atoms with Crippen molar-refractivity contribution in [2.45, 2.75) is 37.7 Å². The average molecular weight is 250 g/mol. The maximum Gasteiger partial charge on any atom is 0.336 e. The SMILES string of the molecule is CSCCCCCC(O)(CC(=O)O)C(=O)O. The molecule has 0 fully saturated rings. The van der Waals surface area contributed by atoms with Gasteiger partial charge in [-0.2, -0.15) is 11.8 Å². The van der Waals surface area contributed by atoms with E-state index >= 15 is 0 Å². The van der Waals surface area contributed by atoms with Gasteiger partial charge in [-0.25, -0.2) is 4.79 Å². The summed E-state index contributed by atoms with van der Waals surface area (Å²) in [6.07, 6.45) is 3.50. The molecule has 1 unspecified atom stereocenters. The Morgan fingerprint density at radius 1 is 1.19 bits per heavy atom. The van der Waals surface area contributed by atoms with E-state index in [0.29, 0.717) is 6.42 Å². The lowest BCUT2D eigenvalue weighted by atomic mass is 9.93. The van der Waals surface area contributed by atoms with E-state index in [4.69, 9.17) is 10.2 Å². The van der Waals surface area contributed by atoms with E-state index in [2.05, 4.69) is 0 Å². The van der Waals surface area contributed by atoms with Crippen LogP contribution in [0.3, 0.4) is 0 Å². The van der Waals surface area contributed by atoms with Gasteiger partial charge >= 0.3 is 11.9 Å². The number of rotatable bonds is 9. The van der Waals surface area contributed by atoms with Gasteiger partial charge in [-0.15, -0.1) is 0 Å².